The predicted molar refractivity (Wildman–Crippen MR) is 107 cm³/mol. The highest BCUT2D eigenvalue weighted by Crippen LogP contribution is 2.22. The van der Waals surface area contributed by atoms with Gasteiger partial charge in [0.2, 0.25) is 0 Å². The number of amides is 1. The van der Waals surface area contributed by atoms with Crippen molar-refractivity contribution in [2.75, 3.05) is 12.4 Å². The summed E-state index contributed by atoms with van der Waals surface area (Å²) in [5.74, 6) is 0.0403. The second-order valence-corrected chi connectivity index (χ2v) is 6.21. The molecule has 1 heterocycles. The van der Waals surface area contributed by atoms with Crippen LogP contribution in [0.25, 0.3) is 22.4 Å². The van der Waals surface area contributed by atoms with Gasteiger partial charge in [0.25, 0.3) is 5.91 Å². The van der Waals surface area contributed by atoms with Gasteiger partial charge >= 0.3 is 5.97 Å². The van der Waals surface area contributed by atoms with Crippen LogP contribution in [0.3, 0.4) is 0 Å². The molecular formula is C22H17N3O3. The van der Waals surface area contributed by atoms with Crippen molar-refractivity contribution in [2.24, 2.45) is 0 Å². The number of nitrogens with zero attached hydrogens (tertiary/aromatic N) is 1. The molecule has 4 aromatic rings. The van der Waals surface area contributed by atoms with E-state index in [1.807, 2.05) is 36.4 Å². The smallest absolute Gasteiger partial charge is 0.337 e. The molecule has 3 aromatic carbocycles. The zero-order valence-corrected chi connectivity index (χ0v) is 15.1. The van der Waals surface area contributed by atoms with Crippen LogP contribution in [0, 0.1) is 0 Å². The molecule has 6 heteroatoms. The van der Waals surface area contributed by atoms with Gasteiger partial charge in [0.15, 0.2) is 0 Å². The van der Waals surface area contributed by atoms with Gasteiger partial charge in [-0.1, -0.05) is 24.3 Å². The van der Waals surface area contributed by atoms with Gasteiger partial charge in [0.05, 0.1) is 23.7 Å². The minimum atomic E-state index is -0.420. The molecule has 2 N–H and O–H groups in total. The largest absolute Gasteiger partial charge is 0.465 e. The zero-order valence-electron chi connectivity index (χ0n) is 15.1. The van der Waals surface area contributed by atoms with Gasteiger partial charge in [-0.3, -0.25) is 4.79 Å². The number of aromatic amines is 1. The number of carbonyl (C=O) groups excluding carboxylic acids is 2. The number of H-pyrrole nitrogens is 1. The fourth-order valence-corrected chi connectivity index (χ4v) is 2.91. The number of rotatable bonds is 4. The molecule has 0 aliphatic heterocycles. The number of benzene rings is 3. The Morgan fingerprint density at radius 3 is 2.46 bits per heavy atom. The molecule has 0 atom stereocenters. The van der Waals surface area contributed by atoms with Gasteiger partial charge in [0, 0.05) is 16.8 Å². The lowest BCUT2D eigenvalue weighted by Gasteiger charge is -2.07. The quantitative estimate of drug-likeness (QED) is 0.525. The van der Waals surface area contributed by atoms with Crippen LogP contribution in [-0.4, -0.2) is 29.0 Å². The van der Waals surface area contributed by atoms with Crippen molar-refractivity contribution in [3.05, 3.63) is 83.9 Å². The first-order valence-corrected chi connectivity index (χ1v) is 8.69. The Morgan fingerprint density at radius 1 is 0.929 bits per heavy atom. The summed E-state index contributed by atoms with van der Waals surface area (Å²) in [7, 11) is 1.33. The van der Waals surface area contributed by atoms with E-state index in [2.05, 4.69) is 20.0 Å². The van der Waals surface area contributed by atoms with Crippen molar-refractivity contribution in [3.63, 3.8) is 0 Å². The number of anilines is 1. The number of ether oxygens (including phenoxy) is 1. The number of imidazole rings is 1. The number of fused-ring (bicyclic) bond motifs is 1. The second kappa shape index (κ2) is 7.36. The lowest BCUT2D eigenvalue weighted by atomic mass is 10.1. The lowest BCUT2D eigenvalue weighted by molar-refractivity contribution is 0.0600. The molecular weight excluding hydrogens is 354 g/mol. The van der Waals surface area contributed by atoms with Gasteiger partial charge in [-0.05, 0) is 48.5 Å². The van der Waals surface area contributed by atoms with Crippen LogP contribution >= 0.6 is 0 Å². The first-order valence-electron chi connectivity index (χ1n) is 8.69. The van der Waals surface area contributed by atoms with Crippen molar-refractivity contribution in [2.45, 2.75) is 0 Å². The Kier molecular flexibility index (Phi) is 4.60. The fraction of sp³-hybridized carbons (Fsp3) is 0.0455. The van der Waals surface area contributed by atoms with E-state index in [4.69, 9.17) is 0 Å². The van der Waals surface area contributed by atoms with Gasteiger partial charge < -0.3 is 15.0 Å². The summed E-state index contributed by atoms with van der Waals surface area (Å²) in [6, 6.07) is 21.5. The van der Waals surface area contributed by atoms with E-state index < -0.39 is 5.97 Å². The van der Waals surface area contributed by atoms with Crippen LogP contribution in [0.15, 0.2) is 72.8 Å². The molecule has 0 unspecified atom stereocenters. The summed E-state index contributed by atoms with van der Waals surface area (Å²) < 4.78 is 4.67. The third kappa shape index (κ3) is 3.48. The second-order valence-electron chi connectivity index (χ2n) is 6.21. The monoisotopic (exact) mass is 371 g/mol. The zero-order chi connectivity index (χ0) is 19.5. The minimum absolute atomic E-state index is 0.247. The highest BCUT2D eigenvalue weighted by atomic mass is 16.5. The average Bonchev–Trinajstić information content (AvgIpc) is 3.18. The van der Waals surface area contributed by atoms with E-state index in [1.165, 1.54) is 7.11 Å². The standard InChI is InChI=1S/C22H17N3O3/c1-28-22(27)14-9-11-17(12-10-14)23-21(26)16-6-4-5-15(13-16)20-24-18-7-2-3-8-19(18)25-20/h2-13H,1H3,(H,23,26)(H,24,25). The van der Waals surface area contributed by atoms with E-state index in [-0.39, 0.29) is 5.91 Å². The maximum atomic E-state index is 12.6. The molecule has 4 rings (SSSR count). The fourth-order valence-electron chi connectivity index (χ4n) is 2.91. The van der Waals surface area contributed by atoms with E-state index in [9.17, 15) is 9.59 Å². The van der Waals surface area contributed by atoms with Gasteiger partial charge in [0.1, 0.15) is 5.82 Å². The van der Waals surface area contributed by atoms with E-state index in [0.717, 1.165) is 16.6 Å². The first-order chi connectivity index (χ1) is 13.6. The van der Waals surface area contributed by atoms with Crippen LogP contribution in [0.1, 0.15) is 20.7 Å². The van der Waals surface area contributed by atoms with E-state index >= 15 is 0 Å². The summed E-state index contributed by atoms with van der Waals surface area (Å²) in [5.41, 5.74) is 4.16. The van der Waals surface area contributed by atoms with Crippen molar-refractivity contribution in [1.29, 1.82) is 0 Å². The number of aromatic nitrogens is 2. The summed E-state index contributed by atoms with van der Waals surface area (Å²) in [6.45, 7) is 0. The molecule has 0 aliphatic rings. The van der Waals surface area contributed by atoms with E-state index in [0.29, 0.717) is 22.6 Å². The summed E-state index contributed by atoms with van der Waals surface area (Å²) in [6.07, 6.45) is 0. The third-order valence-electron chi connectivity index (χ3n) is 4.35. The normalized spacial score (nSPS) is 10.6. The number of hydrogen-bond donors (Lipinski definition) is 2. The number of nitrogens with one attached hydrogen (secondary N) is 2. The van der Waals surface area contributed by atoms with Crippen molar-refractivity contribution < 1.29 is 14.3 Å². The molecule has 138 valence electrons. The van der Waals surface area contributed by atoms with Gasteiger partial charge in [-0.25, -0.2) is 9.78 Å². The molecule has 0 saturated carbocycles. The predicted octanol–water partition coefficient (Wildman–Crippen LogP) is 4.27. The molecule has 6 nitrogen and oxygen atoms in total. The first kappa shape index (κ1) is 17.5. The molecule has 0 bridgehead atoms. The third-order valence-corrected chi connectivity index (χ3v) is 4.35. The highest BCUT2D eigenvalue weighted by Gasteiger charge is 2.11. The van der Waals surface area contributed by atoms with Gasteiger partial charge in [-0.2, -0.15) is 0 Å². The van der Waals surface area contributed by atoms with E-state index in [1.54, 1.807) is 36.4 Å². The van der Waals surface area contributed by atoms with Crippen molar-refractivity contribution in [1.82, 2.24) is 9.97 Å². The number of esters is 1. The number of methoxy groups -OCH3 is 1. The Bertz CT molecular complexity index is 1130. The SMILES string of the molecule is COC(=O)c1ccc(NC(=O)c2cccc(-c3nc4ccccc4[nH]3)c2)cc1. The van der Waals surface area contributed by atoms with Gasteiger partial charge in [-0.15, -0.1) is 0 Å². The Labute approximate surface area is 161 Å². The minimum Gasteiger partial charge on any atom is -0.465 e. The summed E-state index contributed by atoms with van der Waals surface area (Å²) >= 11 is 0. The van der Waals surface area contributed by atoms with Crippen LogP contribution in [0.2, 0.25) is 0 Å². The molecule has 0 aliphatic carbocycles. The lowest BCUT2D eigenvalue weighted by Crippen LogP contribution is -2.12. The molecule has 0 fully saturated rings. The Hall–Kier alpha value is -3.93. The number of hydrogen-bond acceptors (Lipinski definition) is 4. The van der Waals surface area contributed by atoms with Crippen LogP contribution in [0.5, 0.6) is 0 Å². The average molecular weight is 371 g/mol. The topological polar surface area (TPSA) is 84.1 Å². The molecule has 28 heavy (non-hydrogen) atoms. The molecule has 1 amide bonds. The maximum Gasteiger partial charge on any atom is 0.337 e. The molecule has 0 radical (unpaired) electrons. The molecule has 0 spiro atoms. The molecule has 0 saturated heterocycles. The van der Waals surface area contributed by atoms with Crippen molar-refractivity contribution in [3.8, 4) is 11.4 Å². The van der Waals surface area contributed by atoms with Crippen LogP contribution < -0.4 is 5.32 Å². The summed E-state index contributed by atoms with van der Waals surface area (Å²) in [5, 5.41) is 2.83. The highest BCUT2D eigenvalue weighted by molar-refractivity contribution is 6.05. The van der Waals surface area contributed by atoms with Crippen LogP contribution in [-0.2, 0) is 4.74 Å². The summed E-state index contributed by atoms with van der Waals surface area (Å²) in [4.78, 5) is 31.9. The Balaban J connectivity index is 1.55. The Morgan fingerprint density at radius 2 is 1.71 bits per heavy atom. The number of carbonyl (C=O) groups is 2. The molecule has 1 aromatic heterocycles. The van der Waals surface area contributed by atoms with Crippen LogP contribution in [0.4, 0.5) is 5.69 Å². The maximum absolute atomic E-state index is 12.6. The number of para-hydroxylation sites is 2. The van der Waals surface area contributed by atoms with Crippen molar-refractivity contribution >= 4 is 28.6 Å².